The fourth-order valence-corrected chi connectivity index (χ4v) is 4.98. The van der Waals surface area contributed by atoms with E-state index in [2.05, 4.69) is 27.4 Å². The molecule has 0 radical (unpaired) electrons. The van der Waals surface area contributed by atoms with Gasteiger partial charge < -0.3 is 15.1 Å². The van der Waals surface area contributed by atoms with Crippen LogP contribution in [-0.2, 0) is 7.05 Å². The molecule has 164 valence electrons. The van der Waals surface area contributed by atoms with Gasteiger partial charge in [0, 0.05) is 68.6 Å². The number of benzene rings is 2. The van der Waals surface area contributed by atoms with Crippen LogP contribution in [0.25, 0.3) is 0 Å². The largest absolute Gasteiger partial charge is 0.370 e. The van der Waals surface area contributed by atoms with Crippen molar-refractivity contribution < 1.29 is 9.59 Å². The molecule has 0 aliphatic carbocycles. The summed E-state index contributed by atoms with van der Waals surface area (Å²) in [6, 6.07) is 19.8. The first-order chi connectivity index (χ1) is 15.5. The standard InChI is InChI=1S/C25H27N5O2/c1-28-14-20(12-27-28)23(31)26-13-21-15-29(24(32)19-8-4-2-5-9-19)16-25(21)17-30(18-25)22-10-6-3-7-11-22/h2-12,14,21H,13,15-18H2,1H3,(H,26,31). The number of hydrogen-bond acceptors (Lipinski definition) is 4. The van der Waals surface area contributed by atoms with Crippen molar-refractivity contribution in [3.8, 4) is 0 Å². The summed E-state index contributed by atoms with van der Waals surface area (Å²) in [5.74, 6) is 0.125. The fraction of sp³-hybridized carbons (Fsp3) is 0.320. The van der Waals surface area contributed by atoms with Crippen LogP contribution >= 0.6 is 0 Å². The fourth-order valence-electron chi connectivity index (χ4n) is 4.98. The second kappa shape index (κ2) is 8.15. The zero-order chi connectivity index (χ0) is 22.1. The van der Waals surface area contributed by atoms with Gasteiger partial charge in [-0.15, -0.1) is 0 Å². The molecule has 1 unspecified atom stereocenters. The topological polar surface area (TPSA) is 70.5 Å². The van der Waals surface area contributed by atoms with E-state index in [1.165, 1.54) is 5.69 Å². The first kappa shape index (κ1) is 20.3. The van der Waals surface area contributed by atoms with E-state index in [1.807, 2.05) is 53.4 Å². The molecule has 7 heteroatoms. The van der Waals surface area contributed by atoms with Crippen LogP contribution < -0.4 is 10.2 Å². The van der Waals surface area contributed by atoms with Crippen molar-refractivity contribution in [3.05, 3.63) is 84.2 Å². The highest BCUT2D eigenvalue weighted by Gasteiger charge is 2.55. The van der Waals surface area contributed by atoms with Crippen LogP contribution in [0.3, 0.4) is 0 Å². The van der Waals surface area contributed by atoms with Gasteiger partial charge in [-0.1, -0.05) is 36.4 Å². The highest BCUT2D eigenvalue weighted by molar-refractivity contribution is 5.95. The monoisotopic (exact) mass is 429 g/mol. The highest BCUT2D eigenvalue weighted by atomic mass is 16.2. The minimum Gasteiger partial charge on any atom is -0.370 e. The number of anilines is 1. The molecule has 2 saturated heterocycles. The first-order valence-corrected chi connectivity index (χ1v) is 11.0. The second-order valence-electron chi connectivity index (χ2n) is 8.92. The number of nitrogens with zero attached hydrogens (tertiary/aromatic N) is 4. The predicted molar refractivity (Wildman–Crippen MR) is 122 cm³/mol. The Morgan fingerprint density at radius 3 is 2.34 bits per heavy atom. The Bertz CT molecular complexity index is 1110. The van der Waals surface area contributed by atoms with Crippen molar-refractivity contribution in [2.24, 2.45) is 18.4 Å². The van der Waals surface area contributed by atoms with E-state index in [1.54, 1.807) is 24.1 Å². The summed E-state index contributed by atoms with van der Waals surface area (Å²) in [7, 11) is 1.79. The van der Waals surface area contributed by atoms with Gasteiger partial charge in [0.2, 0.25) is 0 Å². The van der Waals surface area contributed by atoms with Gasteiger partial charge in [0.05, 0.1) is 11.8 Å². The van der Waals surface area contributed by atoms with Crippen LogP contribution in [0.15, 0.2) is 73.1 Å². The van der Waals surface area contributed by atoms with Crippen LogP contribution in [0, 0.1) is 11.3 Å². The van der Waals surface area contributed by atoms with E-state index in [9.17, 15) is 9.59 Å². The Morgan fingerprint density at radius 1 is 1.00 bits per heavy atom. The van der Waals surface area contributed by atoms with E-state index < -0.39 is 0 Å². The normalized spacial score (nSPS) is 19.1. The van der Waals surface area contributed by atoms with Gasteiger partial charge in [-0.05, 0) is 24.3 Å². The summed E-state index contributed by atoms with van der Waals surface area (Å²) in [6.07, 6.45) is 3.29. The van der Waals surface area contributed by atoms with Gasteiger partial charge >= 0.3 is 0 Å². The van der Waals surface area contributed by atoms with Crippen molar-refractivity contribution in [2.45, 2.75) is 0 Å². The summed E-state index contributed by atoms with van der Waals surface area (Å²) in [5.41, 5.74) is 2.44. The van der Waals surface area contributed by atoms with Crippen LogP contribution in [0.2, 0.25) is 0 Å². The molecule has 1 spiro atoms. The number of hydrogen-bond donors (Lipinski definition) is 1. The number of aryl methyl sites for hydroxylation is 1. The molecule has 1 N–H and O–H groups in total. The maximum Gasteiger partial charge on any atom is 0.254 e. The number of nitrogens with one attached hydrogen (secondary N) is 1. The lowest BCUT2D eigenvalue weighted by Crippen LogP contribution is -2.62. The molecule has 32 heavy (non-hydrogen) atoms. The van der Waals surface area contributed by atoms with Gasteiger partial charge in [-0.25, -0.2) is 0 Å². The molecule has 0 saturated carbocycles. The van der Waals surface area contributed by atoms with Gasteiger partial charge in [0.1, 0.15) is 0 Å². The molecule has 0 bridgehead atoms. The zero-order valence-electron chi connectivity index (χ0n) is 18.1. The lowest BCUT2D eigenvalue weighted by Gasteiger charge is -2.52. The summed E-state index contributed by atoms with van der Waals surface area (Å²) in [4.78, 5) is 30.1. The molecular weight excluding hydrogens is 402 g/mol. The van der Waals surface area contributed by atoms with E-state index >= 15 is 0 Å². The van der Waals surface area contributed by atoms with Crippen molar-refractivity contribution in [3.63, 3.8) is 0 Å². The van der Waals surface area contributed by atoms with Gasteiger partial charge in [0.15, 0.2) is 0 Å². The number of likely N-dealkylation sites (tertiary alicyclic amines) is 1. The number of para-hydroxylation sites is 1. The Hall–Kier alpha value is -3.61. The van der Waals surface area contributed by atoms with Crippen molar-refractivity contribution >= 4 is 17.5 Å². The Morgan fingerprint density at radius 2 is 1.69 bits per heavy atom. The SMILES string of the molecule is Cn1cc(C(=O)NCC2CN(C(=O)c3ccccc3)CC23CN(c2ccccc2)C3)cn1. The zero-order valence-corrected chi connectivity index (χ0v) is 18.1. The molecular formula is C25H27N5O2. The maximum absolute atomic E-state index is 13.1. The summed E-state index contributed by atoms with van der Waals surface area (Å²) < 4.78 is 1.62. The van der Waals surface area contributed by atoms with E-state index in [-0.39, 0.29) is 23.1 Å². The van der Waals surface area contributed by atoms with E-state index in [0.29, 0.717) is 30.8 Å². The molecule has 7 nitrogen and oxygen atoms in total. The maximum atomic E-state index is 13.1. The summed E-state index contributed by atoms with van der Waals surface area (Å²) >= 11 is 0. The molecule has 1 aromatic heterocycles. The molecule has 1 atom stereocenters. The Labute approximate surface area is 187 Å². The molecule has 2 aliphatic rings. The number of amides is 2. The third kappa shape index (κ3) is 3.75. The van der Waals surface area contributed by atoms with Crippen LogP contribution in [0.1, 0.15) is 20.7 Å². The molecule has 3 aromatic rings. The Kier molecular flexibility index (Phi) is 5.17. The third-order valence-electron chi connectivity index (χ3n) is 6.73. The minimum atomic E-state index is -0.125. The van der Waals surface area contributed by atoms with Crippen molar-refractivity contribution in [2.75, 3.05) is 37.6 Å². The van der Waals surface area contributed by atoms with Gasteiger partial charge in [0.25, 0.3) is 11.8 Å². The smallest absolute Gasteiger partial charge is 0.254 e. The summed E-state index contributed by atoms with van der Waals surface area (Å²) in [6.45, 7) is 3.64. The first-order valence-electron chi connectivity index (χ1n) is 11.0. The quantitative estimate of drug-likeness (QED) is 0.676. The average molecular weight is 430 g/mol. The molecule has 2 fully saturated rings. The minimum absolute atomic E-state index is 0.0253. The Balaban J connectivity index is 1.32. The van der Waals surface area contributed by atoms with Crippen LogP contribution in [0.4, 0.5) is 5.69 Å². The van der Waals surface area contributed by atoms with Crippen LogP contribution in [0.5, 0.6) is 0 Å². The summed E-state index contributed by atoms with van der Waals surface area (Å²) in [5, 5.41) is 7.16. The molecule has 2 aliphatic heterocycles. The number of carbonyl (C=O) groups excluding carboxylic acids is 2. The molecule has 2 amide bonds. The number of rotatable bonds is 5. The van der Waals surface area contributed by atoms with E-state index in [4.69, 9.17) is 0 Å². The highest BCUT2D eigenvalue weighted by Crippen LogP contribution is 2.45. The lowest BCUT2D eigenvalue weighted by molar-refractivity contribution is 0.0761. The second-order valence-corrected chi connectivity index (χ2v) is 8.92. The number of carbonyl (C=O) groups is 2. The number of aromatic nitrogens is 2. The molecule has 5 rings (SSSR count). The lowest BCUT2D eigenvalue weighted by atomic mass is 9.71. The molecule has 2 aromatic carbocycles. The third-order valence-corrected chi connectivity index (χ3v) is 6.73. The van der Waals surface area contributed by atoms with Crippen LogP contribution in [-0.4, -0.2) is 59.2 Å². The van der Waals surface area contributed by atoms with E-state index in [0.717, 1.165) is 13.1 Å². The van der Waals surface area contributed by atoms with Crippen molar-refractivity contribution in [1.82, 2.24) is 20.0 Å². The van der Waals surface area contributed by atoms with Crippen molar-refractivity contribution in [1.29, 1.82) is 0 Å². The van der Waals surface area contributed by atoms with Gasteiger partial charge in [-0.3, -0.25) is 14.3 Å². The predicted octanol–water partition coefficient (Wildman–Crippen LogP) is 2.43. The average Bonchev–Trinajstić information content (AvgIpc) is 3.41. The van der Waals surface area contributed by atoms with Gasteiger partial charge in [-0.2, -0.15) is 5.10 Å². The molecule has 3 heterocycles.